The molecule has 45 heavy (non-hydrogen) atoms. The Morgan fingerprint density at radius 3 is 1.80 bits per heavy atom. The molecule has 0 saturated heterocycles. The number of aldehydes is 1. The van der Waals surface area contributed by atoms with Gasteiger partial charge in [0.15, 0.2) is 0 Å². The smallest absolute Gasteiger partial charge is 0.133 e. The van der Waals surface area contributed by atoms with Crippen molar-refractivity contribution < 1.29 is 14.0 Å². The van der Waals surface area contributed by atoms with Crippen LogP contribution >= 0.6 is 0 Å². The highest BCUT2D eigenvalue weighted by Crippen LogP contribution is 2.16. The lowest BCUT2D eigenvalue weighted by Crippen LogP contribution is -2.37. The van der Waals surface area contributed by atoms with Crippen LogP contribution in [0, 0.1) is 0 Å². The van der Waals surface area contributed by atoms with Gasteiger partial charge >= 0.3 is 0 Å². The molecule has 0 N–H and O–H groups in total. The van der Waals surface area contributed by atoms with Crippen LogP contribution in [0.1, 0.15) is 53.5 Å². The van der Waals surface area contributed by atoms with E-state index >= 15 is 0 Å². The molecule has 0 fully saturated rings. The molecule has 0 radical (unpaired) electrons. The maximum absolute atomic E-state index is 12.5. The van der Waals surface area contributed by atoms with Crippen LogP contribution in [0.4, 0.5) is 4.39 Å². The molecule has 0 bridgehead atoms. The van der Waals surface area contributed by atoms with Gasteiger partial charge in [-0.15, -0.1) is 0 Å². The predicted octanol–water partition coefficient (Wildman–Crippen LogP) is 6.03. The Bertz CT molecular complexity index is 935. The van der Waals surface area contributed by atoms with Gasteiger partial charge in [-0.25, -0.2) is 4.39 Å². The van der Waals surface area contributed by atoms with Gasteiger partial charge in [0.2, 0.25) is 0 Å². The summed E-state index contributed by atoms with van der Waals surface area (Å²) in [5.74, 6) is 0. The Labute approximate surface area is 276 Å². The minimum atomic E-state index is 0.502. The van der Waals surface area contributed by atoms with Crippen molar-refractivity contribution in [2.45, 2.75) is 54.5 Å². The number of hydrogen-bond acceptors (Lipinski definition) is 8. The second-order valence-corrected chi connectivity index (χ2v) is 10.8. The first-order valence-electron chi connectivity index (χ1n) is 15.9. The Morgan fingerprint density at radius 2 is 1.38 bits per heavy atom. The first-order chi connectivity index (χ1) is 21.5. The van der Waals surface area contributed by atoms with Crippen LogP contribution in [-0.4, -0.2) is 130 Å². The zero-order chi connectivity index (χ0) is 35.0. The summed E-state index contributed by atoms with van der Waals surface area (Å²) in [6.07, 6.45) is 5.72. The van der Waals surface area contributed by atoms with E-state index in [9.17, 15) is 9.18 Å². The minimum absolute atomic E-state index is 0.502. The number of halogens is 1. The number of aliphatic imine (C=N–C) groups is 1. The highest BCUT2D eigenvalue weighted by atomic mass is 19.1. The van der Waals surface area contributed by atoms with E-state index in [2.05, 4.69) is 73.3 Å². The third-order valence-corrected chi connectivity index (χ3v) is 6.81. The zero-order valence-corrected chi connectivity index (χ0v) is 30.3. The van der Waals surface area contributed by atoms with Crippen LogP contribution in [-0.2, 0) is 16.1 Å². The van der Waals surface area contributed by atoms with Gasteiger partial charge < -0.3 is 29.2 Å². The molecule has 0 atom stereocenters. The van der Waals surface area contributed by atoms with E-state index < -0.39 is 0 Å². The van der Waals surface area contributed by atoms with E-state index in [0.717, 1.165) is 30.8 Å². The maximum atomic E-state index is 12.5. The van der Waals surface area contributed by atoms with Gasteiger partial charge in [-0.1, -0.05) is 64.6 Å². The number of carbonyl (C=O) groups excluding carboxylic acids is 2. The zero-order valence-electron chi connectivity index (χ0n) is 30.3. The SMILES string of the molecule is C=C/C(=C(\C=C\F)N=C(C)C)N(C)Cc1ccccc1.C=O.CCCN(CC)CCN(C)CCN(C)CC.CCN(C)CC=O. The predicted molar refractivity (Wildman–Crippen MR) is 194 cm³/mol. The van der Waals surface area contributed by atoms with E-state index in [0.29, 0.717) is 25.1 Å². The molecule has 1 aromatic carbocycles. The van der Waals surface area contributed by atoms with Crippen LogP contribution in [0.5, 0.6) is 0 Å². The van der Waals surface area contributed by atoms with Gasteiger partial charge in [-0.2, -0.15) is 0 Å². The van der Waals surface area contributed by atoms with Crippen molar-refractivity contribution in [2.24, 2.45) is 4.99 Å². The summed E-state index contributed by atoms with van der Waals surface area (Å²) in [5.41, 5.74) is 3.41. The minimum Gasteiger partial charge on any atom is -0.369 e. The van der Waals surface area contributed by atoms with E-state index in [4.69, 9.17) is 4.79 Å². The molecule has 0 aromatic heterocycles. The third kappa shape index (κ3) is 27.1. The maximum Gasteiger partial charge on any atom is 0.133 e. The van der Waals surface area contributed by atoms with Gasteiger partial charge in [0, 0.05) is 45.5 Å². The summed E-state index contributed by atoms with van der Waals surface area (Å²) in [7, 11) is 8.26. The van der Waals surface area contributed by atoms with Crippen molar-refractivity contribution >= 4 is 18.8 Å². The molecule has 0 spiro atoms. The number of rotatable bonds is 19. The van der Waals surface area contributed by atoms with Gasteiger partial charge in [0.1, 0.15) is 13.1 Å². The number of hydrogen-bond donors (Lipinski definition) is 0. The van der Waals surface area contributed by atoms with E-state index in [1.54, 1.807) is 6.08 Å². The van der Waals surface area contributed by atoms with Gasteiger partial charge in [0.25, 0.3) is 0 Å². The van der Waals surface area contributed by atoms with Crippen molar-refractivity contribution in [1.82, 2.24) is 24.5 Å². The first-order valence-corrected chi connectivity index (χ1v) is 15.9. The standard InChI is InChI=1S/C17H21FN2.C13H31N3.C5H11NO.CH2O/c1-5-17(16(11-12-18)19-14(2)3)20(4)13-15-9-7-6-8-10-15;1-6-9-16(8-3)13-12-15(5)11-10-14(4)7-2;1-3-6(2)4-5-7;1-2/h5-12H,1,13H2,2-4H3;6-13H2,1-5H3;5H,3-4H2,1-2H3;1H2/b12-11+,17-16-;;;. The Morgan fingerprint density at radius 1 is 0.822 bits per heavy atom. The summed E-state index contributed by atoms with van der Waals surface area (Å²) < 4.78 is 12.5. The van der Waals surface area contributed by atoms with Gasteiger partial charge in [-0.3, -0.25) is 9.89 Å². The average Bonchev–Trinajstić information content (AvgIpc) is 3.04. The lowest BCUT2D eigenvalue weighted by Gasteiger charge is -2.25. The molecule has 0 saturated carbocycles. The normalized spacial score (nSPS) is 11.2. The van der Waals surface area contributed by atoms with Crippen molar-refractivity contribution in [3.8, 4) is 0 Å². The molecule has 0 unspecified atom stereocenters. The summed E-state index contributed by atoms with van der Waals surface area (Å²) in [6, 6.07) is 10.1. The van der Waals surface area contributed by atoms with Crippen LogP contribution < -0.4 is 0 Å². The second kappa shape index (κ2) is 32.4. The number of nitrogens with zero attached hydrogens (tertiary/aromatic N) is 6. The second-order valence-electron chi connectivity index (χ2n) is 10.8. The third-order valence-electron chi connectivity index (χ3n) is 6.81. The van der Waals surface area contributed by atoms with E-state index in [1.807, 2.05) is 69.7 Å². The van der Waals surface area contributed by atoms with Crippen LogP contribution in [0.2, 0.25) is 0 Å². The summed E-state index contributed by atoms with van der Waals surface area (Å²) in [4.78, 5) is 33.4. The summed E-state index contributed by atoms with van der Waals surface area (Å²) >= 11 is 0. The van der Waals surface area contributed by atoms with Crippen molar-refractivity contribution in [2.75, 3.05) is 87.1 Å². The Balaban J connectivity index is -0.000000629. The fourth-order valence-corrected chi connectivity index (χ4v) is 3.80. The van der Waals surface area contributed by atoms with Crippen LogP contribution in [0.25, 0.3) is 0 Å². The average molecular weight is 633 g/mol. The molecule has 9 heteroatoms. The number of benzene rings is 1. The van der Waals surface area contributed by atoms with Crippen molar-refractivity contribution in [3.05, 3.63) is 72.4 Å². The fourth-order valence-electron chi connectivity index (χ4n) is 3.80. The molecule has 0 aliphatic carbocycles. The molecule has 1 rings (SSSR count). The molecule has 258 valence electrons. The molecule has 1 aromatic rings. The lowest BCUT2D eigenvalue weighted by molar-refractivity contribution is -0.108. The monoisotopic (exact) mass is 633 g/mol. The van der Waals surface area contributed by atoms with E-state index in [-0.39, 0.29) is 0 Å². The summed E-state index contributed by atoms with van der Waals surface area (Å²) in [5, 5.41) is 0. The number of allylic oxidation sites excluding steroid dienone is 2. The Hall–Kier alpha value is -2.98. The van der Waals surface area contributed by atoms with Crippen LogP contribution in [0.15, 0.2) is 71.8 Å². The molecular weight excluding hydrogens is 567 g/mol. The molecule has 0 heterocycles. The Kier molecular flexibility index (Phi) is 33.5. The van der Waals surface area contributed by atoms with Crippen molar-refractivity contribution in [1.29, 1.82) is 0 Å². The number of carbonyl (C=O) groups is 2. The van der Waals surface area contributed by atoms with Gasteiger partial charge in [-0.05, 0) is 85.3 Å². The largest absolute Gasteiger partial charge is 0.369 e. The van der Waals surface area contributed by atoms with Crippen LogP contribution in [0.3, 0.4) is 0 Å². The molecule has 8 nitrogen and oxygen atoms in total. The highest BCUT2D eigenvalue weighted by molar-refractivity contribution is 5.80. The highest BCUT2D eigenvalue weighted by Gasteiger charge is 2.08. The first kappa shape index (κ1) is 46.4. The lowest BCUT2D eigenvalue weighted by atomic mass is 10.2. The van der Waals surface area contributed by atoms with Crippen molar-refractivity contribution in [3.63, 3.8) is 0 Å². The number of likely N-dealkylation sites (N-methyl/N-ethyl adjacent to an activating group) is 5. The molecular formula is C36H65FN6O2. The van der Waals surface area contributed by atoms with Gasteiger partial charge in [0.05, 0.1) is 24.3 Å². The fraction of sp³-hybridized carbons (Fsp3) is 0.583. The topological polar surface area (TPSA) is 62.7 Å². The molecule has 0 aliphatic rings. The quantitative estimate of drug-likeness (QED) is 0.105. The molecule has 0 aliphatic heterocycles. The van der Waals surface area contributed by atoms with E-state index in [1.165, 1.54) is 57.3 Å². The summed E-state index contributed by atoms with van der Waals surface area (Å²) in [6.45, 7) is 28.8. The molecule has 0 amide bonds.